The number of benzene rings is 2. The smallest absolute Gasteiger partial charge is 0.330 e. The number of nitrogens with one attached hydrogen (secondary N) is 1. The molecular weight excluding hydrogens is 652 g/mol. The highest BCUT2D eigenvalue weighted by Crippen LogP contribution is 2.59. The quantitative estimate of drug-likeness (QED) is 0.206. The van der Waals surface area contributed by atoms with Crippen molar-refractivity contribution in [2.24, 2.45) is 5.92 Å². The van der Waals surface area contributed by atoms with Gasteiger partial charge in [0.15, 0.2) is 0 Å². The minimum Gasteiger partial charge on any atom is -0.352 e. The van der Waals surface area contributed by atoms with Crippen LogP contribution >= 0.6 is 15.9 Å². The molecule has 0 aliphatic carbocycles. The van der Waals surface area contributed by atoms with E-state index in [2.05, 4.69) is 76.9 Å². The van der Waals surface area contributed by atoms with Crippen LogP contribution in [0.3, 0.4) is 0 Å². The van der Waals surface area contributed by atoms with Crippen LogP contribution < -0.4 is 21.6 Å². The minimum atomic E-state index is -2.87. The van der Waals surface area contributed by atoms with Crippen molar-refractivity contribution in [2.75, 3.05) is 26.0 Å². The number of ether oxygens (including phenoxy) is 1. The molecule has 8 atom stereocenters. The molecule has 3 aromatic rings. The second kappa shape index (κ2) is 14.3. The molecule has 3 fully saturated rings. The first-order valence-electron chi connectivity index (χ1n) is 16.7. The van der Waals surface area contributed by atoms with Crippen molar-refractivity contribution in [3.8, 4) is 0 Å². The van der Waals surface area contributed by atoms with Gasteiger partial charge >= 0.3 is 5.69 Å². The molecule has 47 heavy (non-hydrogen) atoms. The molecule has 0 bridgehead atoms. The van der Waals surface area contributed by atoms with E-state index in [9.17, 15) is 14.2 Å². The summed E-state index contributed by atoms with van der Waals surface area (Å²) in [7, 11) is -6.44. The predicted octanol–water partition coefficient (Wildman–Crippen LogP) is 5.08. The summed E-state index contributed by atoms with van der Waals surface area (Å²) in [5, 5.41) is 2.77. The lowest BCUT2D eigenvalue weighted by molar-refractivity contribution is -0.0397. The summed E-state index contributed by atoms with van der Waals surface area (Å²) < 4.78 is 43.1. The van der Waals surface area contributed by atoms with Crippen molar-refractivity contribution in [1.29, 1.82) is 0 Å². The van der Waals surface area contributed by atoms with E-state index in [1.165, 1.54) is 14.9 Å². The largest absolute Gasteiger partial charge is 0.352 e. The van der Waals surface area contributed by atoms with Crippen molar-refractivity contribution in [1.82, 2.24) is 14.2 Å². The van der Waals surface area contributed by atoms with Crippen LogP contribution in [0.4, 0.5) is 0 Å². The molecule has 1 N–H and O–H groups in total. The Bertz CT molecular complexity index is 1650. The monoisotopic (exact) mass is 699 g/mol. The molecule has 6 rings (SSSR count). The van der Waals surface area contributed by atoms with Gasteiger partial charge in [0.1, 0.15) is 14.3 Å². The molecule has 10 nitrogen and oxygen atoms in total. The fourth-order valence-electron chi connectivity index (χ4n) is 7.59. The third kappa shape index (κ3) is 7.38. The third-order valence-electron chi connectivity index (χ3n) is 9.94. The molecular formula is C34H47N3O7P2Si. The molecule has 1 aromatic heterocycles. The van der Waals surface area contributed by atoms with Crippen LogP contribution in [0.25, 0.3) is 0 Å². The van der Waals surface area contributed by atoms with Gasteiger partial charge in [-0.05, 0) is 38.7 Å². The maximum Gasteiger partial charge on any atom is 0.330 e. The van der Waals surface area contributed by atoms with Gasteiger partial charge in [0.05, 0.1) is 24.9 Å². The zero-order valence-corrected chi connectivity index (χ0v) is 30.7. The molecule has 2 aromatic carbocycles. The molecule has 3 unspecified atom stereocenters. The molecule has 3 aliphatic heterocycles. The molecule has 0 spiro atoms. The molecule has 0 saturated carbocycles. The van der Waals surface area contributed by atoms with Crippen LogP contribution in [0, 0.1) is 12.8 Å². The second-order valence-electron chi connectivity index (χ2n) is 13.5. The number of nitrogens with zero attached hydrogens (tertiary/aromatic N) is 2. The normalized spacial score (nSPS) is 28.3. The highest BCUT2D eigenvalue weighted by molar-refractivity contribution is 7.58. The average molecular weight is 700 g/mol. The topological polar surface area (TPSA) is 112 Å². The summed E-state index contributed by atoms with van der Waals surface area (Å²) in [6.45, 7) is 10.9. The van der Waals surface area contributed by atoms with Crippen molar-refractivity contribution in [3.63, 3.8) is 0 Å². The lowest BCUT2D eigenvalue weighted by atomic mass is 10.0. The number of rotatable bonds is 12. The predicted molar refractivity (Wildman–Crippen MR) is 189 cm³/mol. The molecule has 0 amide bonds. The number of hydrogen-bond acceptors (Lipinski definition) is 8. The number of aryl methyl sites for hydroxylation is 1. The molecule has 3 aliphatic rings. The lowest BCUT2D eigenvalue weighted by Crippen LogP contribution is -2.58. The van der Waals surface area contributed by atoms with Gasteiger partial charge in [-0.25, -0.2) is 9.46 Å². The number of H-pyrrole nitrogens is 1. The SMILES string of the molecule is CCOP(C)(=O)C[C@H](C)[C@H]1O[C@@H](n2cc(C)c(=O)[nH]c2=O)CC1OP1O[C@H](C[Si](C)(c2ccccc2)c2ccccc2)[C@@H]2CCCN21. The van der Waals surface area contributed by atoms with Gasteiger partial charge in [0.2, 0.25) is 7.37 Å². The van der Waals surface area contributed by atoms with E-state index in [0.717, 1.165) is 25.4 Å². The Balaban J connectivity index is 1.27. The lowest BCUT2D eigenvalue weighted by Gasteiger charge is -2.32. The Hall–Kier alpha value is -2.20. The Morgan fingerprint density at radius 1 is 1.11 bits per heavy atom. The highest BCUT2D eigenvalue weighted by atomic mass is 31.2. The molecule has 254 valence electrons. The van der Waals surface area contributed by atoms with Crippen LogP contribution in [0.15, 0.2) is 76.4 Å². The number of aromatic nitrogens is 2. The van der Waals surface area contributed by atoms with E-state index in [1.54, 1.807) is 19.8 Å². The van der Waals surface area contributed by atoms with Crippen molar-refractivity contribution in [3.05, 3.63) is 93.3 Å². The van der Waals surface area contributed by atoms with Gasteiger partial charge in [-0.15, -0.1) is 0 Å². The van der Waals surface area contributed by atoms with Gasteiger partial charge in [0, 0.05) is 43.6 Å². The van der Waals surface area contributed by atoms with E-state index in [-0.39, 0.29) is 18.1 Å². The standard InChI is InChI=1S/C34H47N3O7P2Si/c1-6-41-46(4,40)22-25(3)32-29(20-31(42-32)36-21-24(2)33(38)35-34(36)39)43-45-37-19-13-18-28(37)30(44-45)23-47(5,26-14-9-7-10-15-26)27-16-11-8-12-17-27/h7-12,14-17,21,25,28-32H,6,13,18-20,22-23H2,1-5H3,(H,35,38,39)/t25-,28-,29?,30+,31+,32+,45?,46?/m0/s1. The van der Waals surface area contributed by atoms with Crippen LogP contribution in [-0.4, -0.2) is 72.6 Å². The van der Waals surface area contributed by atoms with Gasteiger partial charge < -0.3 is 18.3 Å². The number of fused-ring (bicyclic) bond motifs is 1. The summed E-state index contributed by atoms with van der Waals surface area (Å²) in [5.74, 6) is -0.179. The van der Waals surface area contributed by atoms with Crippen LogP contribution in [-0.2, 0) is 22.9 Å². The molecule has 4 heterocycles. The maximum atomic E-state index is 13.2. The fraction of sp³-hybridized carbons (Fsp3) is 0.529. The van der Waals surface area contributed by atoms with E-state index < -0.39 is 53.7 Å². The van der Waals surface area contributed by atoms with Gasteiger partial charge in [-0.3, -0.25) is 18.9 Å². The van der Waals surface area contributed by atoms with Crippen molar-refractivity contribution >= 4 is 34.3 Å². The first-order valence-corrected chi connectivity index (χ1v) is 22.8. The Morgan fingerprint density at radius 3 is 2.40 bits per heavy atom. The summed E-state index contributed by atoms with van der Waals surface area (Å²) >= 11 is 0. The third-order valence-corrected chi connectivity index (χ3v) is 18.2. The average Bonchev–Trinajstić information content (AvgIpc) is 3.77. The maximum absolute atomic E-state index is 13.2. The zero-order chi connectivity index (χ0) is 33.3. The van der Waals surface area contributed by atoms with Crippen LogP contribution in [0.5, 0.6) is 0 Å². The van der Waals surface area contributed by atoms with Gasteiger partial charge in [-0.1, -0.05) is 84.5 Å². The van der Waals surface area contributed by atoms with Crippen LogP contribution in [0.2, 0.25) is 12.6 Å². The second-order valence-corrected chi connectivity index (χ2v) is 21.8. The van der Waals surface area contributed by atoms with Crippen LogP contribution in [0.1, 0.15) is 44.9 Å². The first kappa shape index (κ1) is 34.7. The van der Waals surface area contributed by atoms with E-state index >= 15 is 0 Å². The Kier molecular flexibility index (Phi) is 10.6. The fourth-order valence-corrected chi connectivity index (χ4v) is 15.4. The van der Waals surface area contributed by atoms with Gasteiger partial charge in [-0.2, -0.15) is 0 Å². The Morgan fingerprint density at radius 2 is 1.77 bits per heavy atom. The van der Waals surface area contributed by atoms with E-state index in [1.807, 2.05) is 13.8 Å². The first-order chi connectivity index (χ1) is 22.5. The molecule has 0 radical (unpaired) electrons. The summed E-state index contributed by atoms with van der Waals surface area (Å²) in [6, 6.07) is 22.9. The highest BCUT2D eigenvalue weighted by Gasteiger charge is 2.52. The Labute approximate surface area is 279 Å². The summed E-state index contributed by atoms with van der Waals surface area (Å²) in [5.41, 5.74) is -0.519. The molecule has 13 heteroatoms. The van der Waals surface area contributed by atoms with E-state index in [0.29, 0.717) is 24.8 Å². The van der Waals surface area contributed by atoms with E-state index in [4.69, 9.17) is 18.3 Å². The zero-order valence-electron chi connectivity index (χ0n) is 27.9. The number of hydrogen-bond donors (Lipinski definition) is 1. The summed E-state index contributed by atoms with van der Waals surface area (Å²) in [4.78, 5) is 27.4. The minimum absolute atomic E-state index is 0.0213. The number of aromatic amines is 1. The van der Waals surface area contributed by atoms with Crippen molar-refractivity contribution < 1.29 is 22.9 Å². The van der Waals surface area contributed by atoms with Crippen molar-refractivity contribution in [2.45, 2.75) is 83.2 Å². The van der Waals surface area contributed by atoms with Gasteiger partial charge in [0.25, 0.3) is 14.1 Å². The molecule has 3 saturated heterocycles. The summed E-state index contributed by atoms with van der Waals surface area (Å²) in [6.07, 6.45) is 2.93.